The minimum atomic E-state index is 0.587. The molecule has 0 aromatic carbocycles. The fourth-order valence-corrected chi connectivity index (χ4v) is 1.54. The largest absolute Gasteiger partial charge is 0.307 e. The smallest absolute Gasteiger partial charge is 0.188 e. The summed E-state index contributed by atoms with van der Waals surface area (Å²) in [4.78, 5) is 0. The Morgan fingerprint density at radius 1 is 1.29 bits per heavy atom. The second kappa shape index (κ2) is 6.48. The zero-order chi connectivity index (χ0) is 10.2. The van der Waals surface area contributed by atoms with Gasteiger partial charge in [0.1, 0.15) is 0 Å². The van der Waals surface area contributed by atoms with Gasteiger partial charge in [-0.3, -0.25) is 0 Å². The molecule has 80 valence electrons. The molecule has 2 N–H and O–H groups in total. The molecule has 0 amide bonds. The van der Waals surface area contributed by atoms with E-state index in [1.807, 2.05) is 0 Å². The molecule has 1 heterocycles. The van der Waals surface area contributed by atoms with Crippen LogP contribution >= 0.6 is 0 Å². The Morgan fingerprint density at radius 3 is 2.50 bits per heavy atom. The van der Waals surface area contributed by atoms with Gasteiger partial charge in [-0.05, 0) is 12.8 Å². The van der Waals surface area contributed by atoms with Gasteiger partial charge < -0.3 is 5.32 Å². The minimum absolute atomic E-state index is 0.587. The molecule has 0 aliphatic heterocycles. The van der Waals surface area contributed by atoms with Crippen LogP contribution in [0.1, 0.15) is 45.4 Å². The monoisotopic (exact) mass is 197 g/mol. The third kappa shape index (κ3) is 3.83. The fourth-order valence-electron chi connectivity index (χ4n) is 1.54. The maximum Gasteiger partial charge on any atom is 0.188 e. The van der Waals surface area contributed by atoms with Crippen LogP contribution in [0, 0.1) is 0 Å². The van der Waals surface area contributed by atoms with E-state index in [1.165, 1.54) is 25.7 Å². The van der Waals surface area contributed by atoms with Gasteiger partial charge in [0.05, 0.1) is 6.54 Å². The lowest BCUT2D eigenvalue weighted by atomic mass is 10.1. The summed E-state index contributed by atoms with van der Waals surface area (Å²) >= 11 is 0. The maximum atomic E-state index is 3.90. The van der Waals surface area contributed by atoms with Crippen LogP contribution in [0.15, 0.2) is 0 Å². The number of hydrogen-bond donors (Lipinski definition) is 2. The van der Waals surface area contributed by atoms with Crippen molar-refractivity contribution in [2.75, 3.05) is 0 Å². The standard InChI is InChI=1S/C9H19N5/c1-3-5-8(6-4-2)10-7-9-11-13-14-12-9/h8,10H,3-7H2,1-2H3,(H,11,12,13,14). The Bertz CT molecular complexity index is 215. The molecule has 14 heavy (non-hydrogen) atoms. The molecular weight excluding hydrogens is 178 g/mol. The van der Waals surface area contributed by atoms with Crippen molar-refractivity contribution >= 4 is 0 Å². The van der Waals surface area contributed by atoms with Gasteiger partial charge in [-0.1, -0.05) is 31.9 Å². The van der Waals surface area contributed by atoms with Crippen LogP contribution in [0.4, 0.5) is 0 Å². The highest BCUT2D eigenvalue weighted by Gasteiger charge is 2.06. The Kier molecular flexibility index (Phi) is 5.14. The number of aromatic amines is 1. The molecule has 0 atom stereocenters. The van der Waals surface area contributed by atoms with E-state index in [-0.39, 0.29) is 0 Å². The second-order valence-corrected chi connectivity index (χ2v) is 3.48. The van der Waals surface area contributed by atoms with Crippen molar-refractivity contribution in [2.24, 2.45) is 0 Å². The maximum absolute atomic E-state index is 3.90. The summed E-state index contributed by atoms with van der Waals surface area (Å²) in [6.45, 7) is 5.12. The first-order valence-electron chi connectivity index (χ1n) is 5.32. The van der Waals surface area contributed by atoms with Crippen LogP contribution in [0.3, 0.4) is 0 Å². The van der Waals surface area contributed by atoms with E-state index in [2.05, 4.69) is 39.8 Å². The molecule has 0 saturated carbocycles. The lowest BCUT2D eigenvalue weighted by Gasteiger charge is -2.15. The lowest BCUT2D eigenvalue weighted by Crippen LogP contribution is -2.28. The van der Waals surface area contributed by atoms with E-state index < -0.39 is 0 Å². The van der Waals surface area contributed by atoms with Gasteiger partial charge in [-0.15, -0.1) is 10.2 Å². The first-order chi connectivity index (χ1) is 6.86. The molecule has 1 aromatic heterocycles. The van der Waals surface area contributed by atoms with Crippen LogP contribution in [0.2, 0.25) is 0 Å². The predicted octanol–water partition coefficient (Wildman–Crippen LogP) is 1.26. The van der Waals surface area contributed by atoms with E-state index in [0.29, 0.717) is 12.6 Å². The third-order valence-electron chi connectivity index (χ3n) is 2.21. The summed E-state index contributed by atoms with van der Waals surface area (Å²) < 4.78 is 0. The van der Waals surface area contributed by atoms with Gasteiger partial charge in [0.2, 0.25) is 0 Å². The van der Waals surface area contributed by atoms with Crippen molar-refractivity contribution in [1.29, 1.82) is 0 Å². The number of nitrogens with one attached hydrogen (secondary N) is 2. The molecule has 0 fully saturated rings. The average molecular weight is 197 g/mol. The molecule has 1 aromatic rings. The minimum Gasteiger partial charge on any atom is -0.307 e. The quantitative estimate of drug-likeness (QED) is 0.690. The number of hydrogen-bond acceptors (Lipinski definition) is 4. The van der Waals surface area contributed by atoms with Crippen LogP contribution in [0.5, 0.6) is 0 Å². The Morgan fingerprint density at radius 2 is 2.00 bits per heavy atom. The average Bonchev–Trinajstić information content (AvgIpc) is 2.67. The van der Waals surface area contributed by atoms with Gasteiger partial charge in [0.25, 0.3) is 0 Å². The molecule has 5 nitrogen and oxygen atoms in total. The molecule has 0 radical (unpaired) electrons. The Hall–Kier alpha value is -0.970. The van der Waals surface area contributed by atoms with E-state index in [1.54, 1.807) is 0 Å². The lowest BCUT2D eigenvalue weighted by molar-refractivity contribution is 0.437. The molecule has 5 heteroatoms. The topological polar surface area (TPSA) is 66.5 Å². The van der Waals surface area contributed by atoms with Crippen molar-refractivity contribution in [3.8, 4) is 0 Å². The van der Waals surface area contributed by atoms with E-state index in [0.717, 1.165) is 5.82 Å². The van der Waals surface area contributed by atoms with Crippen LogP contribution in [-0.4, -0.2) is 26.7 Å². The van der Waals surface area contributed by atoms with Gasteiger partial charge in [-0.25, -0.2) is 0 Å². The van der Waals surface area contributed by atoms with Gasteiger partial charge >= 0.3 is 0 Å². The zero-order valence-electron chi connectivity index (χ0n) is 8.95. The highest BCUT2D eigenvalue weighted by atomic mass is 15.5. The summed E-state index contributed by atoms with van der Waals surface area (Å²) in [7, 11) is 0. The van der Waals surface area contributed by atoms with E-state index in [4.69, 9.17) is 0 Å². The van der Waals surface area contributed by atoms with E-state index >= 15 is 0 Å². The molecule has 0 saturated heterocycles. The van der Waals surface area contributed by atoms with Crippen molar-refractivity contribution in [2.45, 2.75) is 52.1 Å². The molecule has 0 aliphatic rings. The first kappa shape index (κ1) is 11.1. The number of H-pyrrole nitrogens is 1. The molecule has 0 aliphatic carbocycles. The highest BCUT2D eigenvalue weighted by Crippen LogP contribution is 2.04. The number of rotatable bonds is 7. The molecule has 0 spiro atoms. The Labute approximate surface area is 84.7 Å². The molecule has 0 unspecified atom stereocenters. The first-order valence-corrected chi connectivity index (χ1v) is 5.32. The van der Waals surface area contributed by atoms with Crippen molar-refractivity contribution in [3.05, 3.63) is 5.82 Å². The normalized spacial score (nSPS) is 11.1. The molecular formula is C9H19N5. The zero-order valence-corrected chi connectivity index (χ0v) is 8.95. The SMILES string of the molecule is CCCC(CCC)NCc1nn[nH]n1. The van der Waals surface area contributed by atoms with Gasteiger partial charge in [0, 0.05) is 6.04 Å². The summed E-state index contributed by atoms with van der Waals surface area (Å²) in [5.41, 5.74) is 0. The second-order valence-electron chi connectivity index (χ2n) is 3.48. The third-order valence-corrected chi connectivity index (χ3v) is 2.21. The Balaban J connectivity index is 2.25. The summed E-state index contributed by atoms with van der Waals surface area (Å²) in [5.74, 6) is 0.738. The van der Waals surface area contributed by atoms with Crippen molar-refractivity contribution in [3.63, 3.8) is 0 Å². The summed E-state index contributed by atoms with van der Waals surface area (Å²) in [6, 6.07) is 0.587. The van der Waals surface area contributed by atoms with Gasteiger partial charge in [0.15, 0.2) is 5.82 Å². The molecule has 1 rings (SSSR count). The van der Waals surface area contributed by atoms with Crippen LogP contribution in [-0.2, 0) is 6.54 Å². The van der Waals surface area contributed by atoms with Crippen molar-refractivity contribution in [1.82, 2.24) is 25.9 Å². The number of aromatic nitrogens is 4. The summed E-state index contributed by atoms with van der Waals surface area (Å²) in [5, 5.41) is 17.2. The number of tetrazole rings is 1. The fraction of sp³-hybridized carbons (Fsp3) is 0.889. The predicted molar refractivity (Wildman–Crippen MR) is 54.6 cm³/mol. The highest BCUT2D eigenvalue weighted by molar-refractivity contribution is 4.77. The molecule has 0 bridgehead atoms. The van der Waals surface area contributed by atoms with Crippen molar-refractivity contribution < 1.29 is 0 Å². The van der Waals surface area contributed by atoms with Crippen LogP contribution in [0.25, 0.3) is 0 Å². The summed E-state index contributed by atoms with van der Waals surface area (Å²) in [6.07, 6.45) is 4.85. The van der Waals surface area contributed by atoms with E-state index in [9.17, 15) is 0 Å². The van der Waals surface area contributed by atoms with Gasteiger partial charge in [-0.2, -0.15) is 5.21 Å². The van der Waals surface area contributed by atoms with Crippen LogP contribution < -0.4 is 5.32 Å². The number of nitrogens with zero attached hydrogens (tertiary/aromatic N) is 3.